The van der Waals surface area contributed by atoms with Crippen molar-refractivity contribution in [1.82, 2.24) is 4.72 Å². The number of benzene rings is 2. The lowest BCUT2D eigenvalue weighted by atomic mass is 9.92. The van der Waals surface area contributed by atoms with Crippen molar-refractivity contribution in [2.75, 3.05) is 30.4 Å². The molecule has 2 aromatic carbocycles. The van der Waals surface area contributed by atoms with Crippen molar-refractivity contribution in [1.29, 1.82) is 0 Å². The summed E-state index contributed by atoms with van der Waals surface area (Å²) in [5.41, 5.74) is 3.07. The molecule has 1 saturated heterocycles. The lowest BCUT2D eigenvalue weighted by Crippen LogP contribution is -2.36. The number of nitrogens with one attached hydrogen (secondary N) is 2. The van der Waals surface area contributed by atoms with E-state index < -0.39 is 5.97 Å². The van der Waals surface area contributed by atoms with Crippen molar-refractivity contribution in [2.24, 2.45) is 5.41 Å². The number of carbonyl (C=O) groups excluding carboxylic acids is 2. The summed E-state index contributed by atoms with van der Waals surface area (Å²) >= 11 is 1.54. The number of carbonyl (C=O) groups is 2. The Morgan fingerprint density at radius 2 is 1.76 bits per heavy atom. The van der Waals surface area contributed by atoms with Gasteiger partial charge in [-0.25, -0.2) is 4.79 Å². The van der Waals surface area contributed by atoms with Crippen LogP contribution in [0.5, 0.6) is 0 Å². The predicted octanol–water partition coefficient (Wildman–Crippen LogP) is 5.50. The van der Waals surface area contributed by atoms with E-state index in [4.69, 9.17) is 4.74 Å². The molecule has 0 atom stereocenters. The van der Waals surface area contributed by atoms with E-state index in [1.54, 1.807) is 30.1 Å². The van der Waals surface area contributed by atoms with Gasteiger partial charge in [-0.1, -0.05) is 6.07 Å². The van der Waals surface area contributed by atoms with Gasteiger partial charge in [-0.05, 0) is 100 Å². The number of methoxy groups -OCH3 is 1. The maximum absolute atomic E-state index is 13.3. The predicted molar refractivity (Wildman–Crippen MR) is 134 cm³/mol. The van der Waals surface area contributed by atoms with E-state index in [0.29, 0.717) is 16.5 Å². The third-order valence-electron chi connectivity index (χ3n) is 6.35. The molecule has 2 N–H and O–H groups in total. The number of piperidine rings is 1. The van der Waals surface area contributed by atoms with Gasteiger partial charge in [-0.2, -0.15) is 0 Å². The summed E-state index contributed by atoms with van der Waals surface area (Å²) in [7, 11) is 1.37. The first-order valence-electron chi connectivity index (χ1n) is 11.5. The maximum Gasteiger partial charge on any atom is 0.337 e. The molecular weight excluding hydrogens is 434 g/mol. The Hall–Kier alpha value is -2.51. The van der Waals surface area contributed by atoms with Gasteiger partial charge in [-0.15, -0.1) is 0 Å². The molecule has 33 heavy (non-hydrogen) atoms. The Morgan fingerprint density at radius 1 is 1.03 bits per heavy atom. The fourth-order valence-corrected chi connectivity index (χ4v) is 4.93. The van der Waals surface area contributed by atoms with Gasteiger partial charge in [-0.3, -0.25) is 9.52 Å². The van der Waals surface area contributed by atoms with E-state index in [1.807, 2.05) is 24.3 Å². The number of esters is 1. The quantitative estimate of drug-likeness (QED) is 0.432. The number of rotatable bonds is 6. The minimum absolute atomic E-state index is 0.0201. The number of nitrogens with zero attached hydrogens (tertiary/aromatic N) is 1. The first-order valence-corrected chi connectivity index (χ1v) is 12.3. The monoisotopic (exact) mass is 467 g/mol. The van der Waals surface area contributed by atoms with Crippen LogP contribution in [0.2, 0.25) is 0 Å². The highest BCUT2D eigenvalue weighted by molar-refractivity contribution is 7.97. The minimum Gasteiger partial charge on any atom is -0.465 e. The summed E-state index contributed by atoms with van der Waals surface area (Å²) in [4.78, 5) is 28.7. The van der Waals surface area contributed by atoms with Crippen molar-refractivity contribution < 1.29 is 14.3 Å². The van der Waals surface area contributed by atoms with Crippen LogP contribution in [0.3, 0.4) is 0 Å². The van der Waals surface area contributed by atoms with E-state index in [-0.39, 0.29) is 11.4 Å². The zero-order valence-electron chi connectivity index (χ0n) is 19.9. The lowest BCUT2D eigenvalue weighted by molar-refractivity contribution is 0.0600. The molecule has 7 heteroatoms. The number of amides is 1. The molecular formula is C26H33N3O3S. The van der Waals surface area contributed by atoms with Crippen LogP contribution in [0.4, 0.5) is 11.4 Å². The second kappa shape index (κ2) is 9.39. The Kier molecular flexibility index (Phi) is 6.73. The van der Waals surface area contributed by atoms with Gasteiger partial charge in [0.1, 0.15) is 0 Å². The molecule has 1 spiro atoms. The van der Waals surface area contributed by atoms with Crippen LogP contribution >= 0.6 is 11.9 Å². The van der Waals surface area contributed by atoms with Gasteiger partial charge in [0, 0.05) is 29.2 Å². The van der Waals surface area contributed by atoms with Crippen molar-refractivity contribution in [3.8, 4) is 0 Å². The van der Waals surface area contributed by atoms with Gasteiger partial charge >= 0.3 is 5.97 Å². The molecule has 0 unspecified atom stereocenters. The first-order chi connectivity index (χ1) is 15.7. The lowest BCUT2D eigenvalue weighted by Gasteiger charge is -2.35. The Balaban J connectivity index is 1.54. The molecule has 1 heterocycles. The highest BCUT2D eigenvalue weighted by Crippen LogP contribution is 2.54. The second-order valence-corrected chi connectivity index (χ2v) is 11.0. The van der Waals surface area contributed by atoms with Crippen LogP contribution in [0.1, 0.15) is 67.2 Å². The van der Waals surface area contributed by atoms with E-state index >= 15 is 0 Å². The van der Waals surface area contributed by atoms with Gasteiger partial charge in [0.15, 0.2) is 0 Å². The van der Waals surface area contributed by atoms with Crippen LogP contribution in [0.15, 0.2) is 47.4 Å². The van der Waals surface area contributed by atoms with Gasteiger partial charge < -0.3 is 15.0 Å². The summed E-state index contributed by atoms with van der Waals surface area (Å²) in [6.45, 7) is 8.12. The highest BCUT2D eigenvalue weighted by Gasteiger charge is 2.44. The summed E-state index contributed by atoms with van der Waals surface area (Å²) in [5, 5.41) is 3.04. The molecule has 2 aliphatic rings. The normalized spacial score (nSPS) is 17.0. The molecule has 1 aliphatic carbocycles. The van der Waals surface area contributed by atoms with Crippen molar-refractivity contribution in [3.05, 3.63) is 53.6 Å². The summed E-state index contributed by atoms with van der Waals surface area (Å²) in [6.07, 6.45) is 4.90. The number of ether oxygens (including phenoxy) is 1. The third kappa shape index (κ3) is 5.89. The molecule has 1 saturated carbocycles. The third-order valence-corrected chi connectivity index (χ3v) is 7.56. The minimum atomic E-state index is -0.394. The smallest absolute Gasteiger partial charge is 0.337 e. The standard InChI is InChI=1S/C26H33N3O3S/c1-25(2,3)28-33-20-7-5-6-19(17-20)27-23(30)21-9-8-18(24(31)32-4)16-22(21)29-14-12-26(10-11-26)13-15-29/h5-9,16-17,28H,10-15H2,1-4H3,(H,27,30). The summed E-state index contributed by atoms with van der Waals surface area (Å²) in [6, 6.07) is 13.0. The Labute approximate surface area is 200 Å². The van der Waals surface area contributed by atoms with Crippen LogP contribution < -0.4 is 14.9 Å². The number of hydrogen-bond acceptors (Lipinski definition) is 6. The van der Waals surface area contributed by atoms with Gasteiger partial charge in [0.2, 0.25) is 0 Å². The summed E-state index contributed by atoms with van der Waals surface area (Å²) in [5.74, 6) is -0.575. The summed E-state index contributed by atoms with van der Waals surface area (Å²) < 4.78 is 8.30. The highest BCUT2D eigenvalue weighted by atomic mass is 32.2. The molecule has 4 rings (SSSR count). The zero-order valence-corrected chi connectivity index (χ0v) is 20.7. The topological polar surface area (TPSA) is 70.7 Å². The fraction of sp³-hybridized carbons (Fsp3) is 0.462. The molecule has 176 valence electrons. The van der Waals surface area contributed by atoms with Crippen LogP contribution in [0.25, 0.3) is 0 Å². The van der Waals surface area contributed by atoms with E-state index in [2.05, 4.69) is 35.7 Å². The molecule has 1 aliphatic heterocycles. The van der Waals surface area contributed by atoms with Gasteiger partial charge in [0.05, 0.1) is 23.9 Å². The van der Waals surface area contributed by atoms with Gasteiger partial charge in [0.25, 0.3) is 5.91 Å². The van der Waals surface area contributed by atoms with Crippen LogP contribution in [0, 0.1) is 5.41 Å². The van der Waals surface area contributed by atoms with E-state index in [9.17, 15) is 9.59 Å². The zero-order chi connectivity index (χ0) is 23.6. The Morgan fingerprint density at radius 3 is 2.39 bits per heavy atom. The molecule has 2 aromatic rings. The largest absolute Gasteiger partial charge is 0.465 e. The van der Waals surface area contributed by atoms with Crippen LogP contribution in [-0.4, -0.2) is 37.6 Å². The van der Waals surface area contributed by atoms with Crippen molar-refractivity contribution in [3.63, 3.8) is 0 Å². The SMILES string of the molecule is COC(=O)c1ccc(C(=O)Nc2cccc(SNC(C)(C)C)c2)c(N2CCC3(CC2)CC3)c1. The molecule has 0 bridgehead atoms. The number of anilines is 2. The molecule has 0 radical (unpaired) electrons. The average Bonchev–Trinajstić information content (AvgIpc) is 3.55. The van der Waals surface area contributed by atoms with E-state index in [1.165, 1.54) is 20.0 Å². The number of hydrogen-bond donors (Lipinski definition) is 2. The Bertz CT molecular complexity index is 1030. The van der Waals surface area contributed by atoms with Crippen molar-refractivity contribution in [2.45, 2.75) is 56.9 Å². The van der Waals surface area contributed by atoms with E-state index in [0.717, 1.165) is 42.2 Å². The first kappa shape index (κ1) is 23.6. The fourth-order valence-electron chi connectivity index (χ4n) is 4.18. The average molecular weight is 468 g/mol. The maximum atomic E-state index is 13.3. The molecule has 0 aromatic heterocycles. The van der Waals surface area contributed by atoms with Crippen molar-refractivity contribution >= 4 is 35.2 Å². The molecule has 6 nitrogen and oxygen atoms in total. The van der Waals surface area contributed by atoms with Crippen LogP contribution in [-0.2, 0) is 4.74 Å². The molecule has 1 amide bonds. The molecule has 2 fully saturated rings. The second-order valence-electron chi connectivity index (χ2n) is 10.1.